The van der Waals surface area contributed by atoms with E-state index in [-0.39, 0.29) is 0 Å². The Morgan fingerprint density at radius 3 is 2.94 bits per heavy atom. The predicted molar refractivity (Wildman–Crippen MR) is 67.4 cm³/mol. The molecule has 2 aromatic heterocycles. The van der Waals surface area contributed by atoms with E-state index in [2.05, 4.69) is 15.4 Å². The third-order valence-corrected chi connectivity index (χ3v) is 3.45. The number of nitrogens with zero attached hydrogens (tertiary/aromatic N) is 3. The van der Waals surface area contributed by atoms with Crippen molar-refractivity contribution in [3.05, 3.63) is 24.2 Å². The molecule has 1 aliphatic rings. The van der Waals surface area contributed by atoms with E-state index in [0.717, 1.165) is 24.2 Å². The van der Waals surface area contributed by atoms with E-state index in [1.807, 2.05) is 6.07 Å². The zero-order chi connectivity index (χ0) is 12.5. The van der Waals surface area contributed by atoms with Crippen molar-refractivity contribution < 1.29 is 4.79 Å². The average Bonchev–Trinajstić information content (AvgIpc) is 2.97. The minimum atomic E-state index is -0.567. The molecule has 0 unspecified atom stereocenters. The van der Waals surface area contributed by atoms with Crippen molar-refractivity contribution in [2.24, 2.45) is 5.73 Å². The van der Waals surface area contributed by atoms with Gasteiger partial charge in [-0.15, -0.1) is 0 Å². The number of amides is 2. The third-order valence-electron chi connectivity index (χ3n) is 3.45. The maximum absolute atomic E-state index is 11.1. The second-order valence-electron chi connectivity index (χ2n) is 4.63. The van der Waals surface area contributed by atoms with Crippen LogP contribution in [0.15, 0.2) is 18.5 Å². The van der Waals surface area contributed by atoms with Crippen molar-refractivity contribution in [1.82, 2.24) is 14.6 Å². The van der Waals surface area contributed by atoms with Gasteiger partial charge < -0.3 is 11.1 Å². The first kappa shape index (κ1) is 11.0. The first-order chi connectivity index (χ1) is 8.75. The Morgan fingerprint density at radius 1 is 1.44 bits per heavy atom. The van der Waals surface area contributed by atoms with Crippen LogP contribution in [0.4, 0.5) is 10.5 Å². The molecule has 6 nitrogen and oxygen atoms in total. The zero-order valence-corrected chi connectivity index (χ0v) is 9.97. The van der Waals surface area contributed by atoms with Gasteiger partial charge in [0.1, 0.15) is 0 Å². The summed E-state index contributed by atoms with van der Waals surface area (Å²) in [4.78, 5) is 15.3. The summed E-state index contributed by atoms with van der Waals surface area (Å²) in [6, 6.07) is 1.29. The lowest BCUT2D eigenvalue weighted by Gasteiger charge is -2.16. The number of hydrogen-bond acceptors (Lipinski definition) is 3. The van der Waals surface area contributed by atoms with Crippen LogP contribution in [-0.4, -0.2) is 20.6 Å². The van der Waals surface area contributed by atoms with E-state index in [9.17, 15) is 4.79 Å². The molecular weight excluding hydrogens is 230 g/mol. The van der Waals surface area contributed by atoms with Gasteiger partial charge in [0, 0.05) is 12.0 Å². The molecule has 6 heteroatoms. The normalized spacial score (nSPS) is 16.2. The lowest BCUT2D eigenvalue weighted by Crippen LogP contribution is -2.22. The van der Waals surface area contributed by atoms with Gasteiger partial charge in [-0.05, 0) is 12.8 Å². The van der Waals surface area contributed by atoms with Gasteiger partial charge in [-0.3, -0.25) is 0 Å². The topological polar surface area (TPSA) is 85.3 Å². The molecule has 0 saturated heterocycles. The molecule has 3 N–H and O–H groups in total. The molecule has 2 aromatic rings. The van der Waals surface area contributed by atoms with Gasteiger partial charge in [-0.2, -0.15) is 5.10 Å². The quantitative estimate of drug-likeness (QED) is 0.847. The van der Waals surface area contributed by atoms with Crippen molar-refractivity contribution >= 4 is 17.4 Å². The Balaban J connectivity index is 2.14. The Kier molecular flexibility index (Phi) is 2.62. The molecule has 18 heavy (non-hydrogen) atoms. The fourth-order valence-electron chi connectivity index (χ4n) is 2.71. The molecule has 0 spiro atoms. The van der Waals surface area contributed by atoms with Crippen LogP contribution in [0, 0.1) is 0 Å². The molecule has 94 valence electrons. The van der Waals surface area contributed by atoms with E-state index in [1.165, 1.54) is 12.8 Å². The number of rotatable bonds is 2. The number of anilines is 1. The minimum Gasteiger partial charge on any atom is -0.351 e. The van der Waals surface area contributed by atoms with Crippen LogP contribution in [0.2, 0.25) is 0 Å². The highest BCUT2D eigenvalue weighted by Gasteiger charge is 2.24. The summed E-state index contributed by atoms with van der Waals surface area (Å²) in [6.45, 7) is 0. The predicted octanol–water partition coefficient (Wildman–Crippen LogP) is 1.88. The SMILES string of the molecule is NC(=O)Nc1cnc2ccnn2c1C1CCCC1. The van der Waals surface area contributed by atoms with E-state index in [4.69, 9.17) is 5.73 Å². The molecule has 0 radical (unpaired) electrons. The van der Waals surface area contributed by atoms with Gasteiger partial charge in [0.2, 0.25) is 0 Å². The molecule has 2 heterocycles. The van der Waals surface area contributed by atoms with Crippen molar-refractivity contribution in [3.8, 4) is 0 Å². The summed E-state index contributed by atoms with van der Waals surface area (Å²) in [6.07, 6.45) is 8.04. The van der Waals surface area contributed by atoms with Crippen LogP contribution in [0.5, 0.6) is 0 Å². The van der Waals surface area contributed by atoms with Crippen molar-refractivity contribution in [2.75, 3.05) is 5.32 Å². The Bertz CT molecular complexity index is 585. The van der Waals surface area contributed by atoms with Crippen LogP contribution in [-0.2, 0) is 0 Å². The van der Waals surface area contributed by atoms with Gasteiger partial charge in [0.05, 0.1) is 23.8 Å². The molecule has 0 atom stereocenters. The highest BCUT2D eigenvalue weighted by molar-refractivity contribution is 5.88. The number of fused-ring (bicyclic) bond motifs is 1. The Labute approximate surface area is 104 Å². The van der Waals surface area contributed by atoms with Gasteiger partial charge in [-0.25, -0.2) is 14.3 Å². The van der Waals surface area contributed by atoms with Crippen LogP contribution in [0.1, 0.15) is 37.3 Å². The maximum atomic E-state index is 11.1. The monoisotopic (exact) mass is 245 g/mol. The first-order valence-electron chi connectivity index (χ1n) is 6.15. The second-order valence-corrected chi connectivity index (χ2v) is 4.63. The van der Waals surface area contributed by atoms with E-state index >= 15 is 0 Å². The largest absolute Gasteiger partial charge is 0.351 e. The van der Waals surface area contributed by atoms with Crippen LogP contribution in [0.3, 0.4) is 0 Å². The molecule has 2 amide bonds. The van der Waals surface area contributed by atoms with Gasteiger partial charge in [-0.1, -0.05) is 12.8 Å². The van der Waals surface area contributed by atoms with Crippen LogP contribution >= 0.6 is 0 Å². The van der Waals surface area contributed by atoms with Crippen LogP contribution < -0.4 is 11.1 Å². The molecule has 1 aliphatic carbocycles. The van der Waals surface area contributed by atoms with E-state index in [1.54, 1.807) is 16.9 Å². The van der Waals surface area contributed by atoms with Gasteiger partial charge >= 0.3 is 6.03 Å². The molecule has 1 saturated carbocycles. The van der Waals surface area contributed by atoms with Gasteiger partial charge in [0.15, 0.2) is 5.65 Å². The zero-order valence-electron chi connectivity index (χ0n) is 9.97. The minimum absolute atomic E-state index is 0.414. The second kappa shape index (κ2) is 4.29. The molecule has 0 aromatic carbocycles. The molecular formula is C12H15N5O. The number of nitrogens with one attached hydrogen (secondary N) is 1. The fourth-order valence-corrected chi connectivity index (χ4v) is 2.71. The third kappa shape index (κ3) is 1.79. The number of carbonyl (C=O) groups is 1. The summed E-state index contributed by atoms with van der Waals surface area (Å²) in [5.74, 6) is 0.414. The number of aromatic nitrogens is 3. The lowest BCUT2D eigenvalue weighted by molar-refractivity contribution is 0.259. The van der Waals surface area contributed by atoms with Crippen LogP contribution in [0.25, 0.3) is 5.65 Å². The molecule has 3 rings (SSSR count). The summed E-state index contributed by atoms with van der Waals surface area (Å²) < 4.78 is 1.81. The number of carbonyl (C=O) groups excluding carboxylic acids is 1. The number of nitrogens with two attached hydrogens (primary N) is 1. The van der Waals surface area contributed by atoms with Crippen molar-refractivity contribution in [3.63, 3.8) is 0 Å². The number of primary amides is 1. The summed E-state index contributed by atoms with van der Waals surface area (Å²) in [5.41, 5.74) is 7.69. The molecule has 0 bridgehead atoms. The van der Waals surface area contributed by atoms with E-state index in [0.29, 0.717) is 11.6 Å². The molecule has 0 aliphatic heterocycles. The van der Waals surface area contributed by atoms with Crippen molar-refractivity contribution in [1.29, 1.82) is 0 Å². The highest BCUT2D eigenvalue weighted by Crippen LogP contribution is 2.37. The molecule has 1 fully saturated rings. The highest BCUT2D eigenvalue weighted by atomic mass is 16.2. The maximum Gasteiger partial charge on any atom is 0.316 e. The summed E-state index contributed by atoms with van der Waals surface area (Å²) >= 11 is 0. The number of urea groups is 1. The Hall–Kier alpha value is -2.11. The summed E-state index contributed by atoms with van der Waals surface area (Å²) in [5, 5.41) is 6.94. The average molecular weight is 245 g/mol. The number of hydrogen-bond donors (Lipinski definition) is 2. The van der Waals surface area contributed by atoms with Gasteiger partial charge in [0.25, 0.3) is 0 Å². The van der Waals surface area contributed by atoms with E-state index < -0.39 is 6.03 Å². The standard InChI is InChI=1S/C12H15N5O/c13-12(18)16-9-7-14-10-5-6-15-17(10)11(9)8-3-1-2-4-8/h5-8H,1-4H2,(H3,13,16,18). The Morgan fingerprint density at radius 2 is 2.22 bits per heavy atom. The summed E-state index contributed by atoms with van der Waals surface area (Å²) in [7, 11) is 0. The lowest BCUT2D eigenvalue weighted by atomic mass is 10.0. The smallest absolute Gasteiger partial charge is 0.316 e. The fraction of sp³-hybridized carbons (Fsp3) is 0.417. The van der Waals surface area contributed by atoms with Crippen molar-refractivity contribution in [2.45, 2.75) is 31.6 Å². The first-order valence-corrected chi connectivity index (χ1v) is 6.15.